The molecule has 11 heavy (non-hydrogen) atoms. The lowest BCUT2D eigenvalue weighted by atomic mass is 10.2. The van der Waals surface area contributed by atoms with E-state index in [1.165, 1.54) is 0 Å². The van der Waals surface area contributed by atoms with Crippen LogP contribution in [0.4, 0.5) is 0 Å². The van der Waals surface area contributed by atoms with Crippen molar-refractivity contribution in [3.63, 3.8) is 0 Å². The van der Waals surface area contributed by atoms with Gasteiger partial charge in [0.05, 0.1) is 6.20 Å². The molecule has 0 saturated heterocycles. The molecule has 0 saturated carbocycles. The minimum Gasteiger partial charge on any atom is -0.401 e. The molecule has 0 aliphatic heterocycles. The van der Waals surface area contributed by atoms with Crippen molar-refractivity contribution < 1.29 is 4.79 Å². The van der Waals surface area contributed by atoms with Gasteiger partial charge in [-0.2, -0.15) is 0 Å². The molecule has 0 aliphatic rings. The van der Waals surface area contributed by atoms with Gasteiger partial charge in [-0.1, -0.05) is 5.21 Å². The van der Waals surface area contributed by atoms with Crippen LogP contribution in [0.3, 0.4) is 0 Å². The van der Waals surface area contributed by atoms with E-state index in [-0.39, 0.29) is 5.91 Å². The van der Waals surface area contributed by atoms with Crippen molar-refractivity contribution >= 4 is 21.7 Å². The number of nitrogens with one attached hydrogen (secondary N) is 1. The molecule has 56 valence electrons. The van der Waals surface area contributed by atoms with Crippen LogP contribution in [0.15, 0.2) is 6.20 Å². The largest absolute Gasteiger partial charge is 0.401 e. The van der Waals surface area contributed by atoms with E-state index in [0.717, 1.165) is 6.44 Å². The Hall–Kier alpha value is -1.26. The molecule has 0 unspecified atom stereocenters. The van der Waals surface area contributed by atoms with Crippen LogP contribution < -0.4 is 5.23 Å². The van der Waals surface area contributed by atoms with Crippen molar-refractivity contribution in [1.82, 2.24) is 20.2 Å². The van der Waals surface area contributed by atoms with Gasteiger partial charge in [0.2, 0.25) is 7.98 Å². The third-order valence-electron chi connectivity index (χ3n) is 1.32. The first-order valence-corrected chi connectivity index (χ1v) is 3.40. The van der Waals surface area contributed by atoms with Gasteiger partial charge in [0.15, 0.2) is 5.69 Å². The summed E-state index contributed by atoms with van der Waals surface area (Å²) in [6.45, 7) is 0. The van der Waals surface area contributed by atoms with Crippen LogP contribution in [-0.4, -0.2) is 36.7 Å². The normalized spacial score (nSPS) is 9.45. The number of amides is 1. The van der Waals surface area contributed by atoms with Gasteiger partial charge in [-0.3, -0.25) is 9.48 Å². The third kappa shape index (κ3) is 1.60. The van der Waals surface area contributed by atoms with Gasteiger partial charge in [0.25, 0.3) is 5.91 Å². The first kappa shape index (κ1) is 7.84. The molecule has 1 aromatic rings. The second-order valence-corrected chi connectivity index (χ2v) is 2.04. The van der Waals surface area contributed by atoms with E-state index in [2.05, 4.69) is 15.5 Å². The van der Waals surface area contributed by atoms with Gasteiger partial charge in [0.1, 0.15) is 7.85 Å². The van der Waals surface area contributed by atoms with Crippen LogP contribution in [0.1, 0.15) is 10.5 Å². The van der Waals surface area contributed by atoms with Crippen LogP contribution in [-0.2, 0) is 6.44 Å². The molecule has 0 atom stereocenters. The van der Waals surface area contributed by atoms with E-state index in [9.17, 15) is 4.79 Å². The minimum absolute atomic E-state index is 0.204. The highest BCUT2D eigenvalue weighted by Crippen LogP contribution is 1.90. The first-order valence-electron chi connectivity index (χ1n) is 3.40. The maximum atomic E-state index is 10.9. The van der Waals surface area contributed by atoms with Crippen LogP contribution in [0.25, 0.3) is 0 Å². The molecule has 0 fully saturated rings. The maximum absolute atomic E-state index is 10.9. The van der Waals surface area contributed by atoms with Crippen molar-refractivity contribution in [3.05, 3.63) is 11.9 Å². The molecule has 1 N–H and O–H groups in total. The van der Waals surface area contributed by atoms with Crippen molar-refractivity contribution in [2.75, 3.05) is 0 Å². The smallest absolute Gasteiger partial charge is 0.261 e. The summed E-state index contributed by atoms with van der Waals surface area (Å²) in [6.07, 6.45) is 2.34. The number of aromatic nitrogens is 3. The molecular formula is C4H8B2N4O. The van der Waals surface area contributed by atoms with Gasteiger partial charge < -0.3 is 5.23 Å². The summed E-state index contributed by atoms with van der Waals surface area (Å²) in [5, 5.41) is 9.83. The Morgan fingerprint density at radius 1 is 1.82 bits per heavy atom. The zero-order chi connectivity index (χ0) is 8.27. The molecule has 1 aromatic heterocycles. The maximum Gasteiger partial charge on any atom is 0.261 e. The lowest BCUT2D eigenvalue weighted by molar-refractivity contribution is 0.0976. The van der Waals surface area contributed by atoms with Crippen molar-refractivity contribution in [3.8, 4) is 0 Å². The van der Waals surface area contributed by atoms with Gasteiger partial charge in [-0.15, -0.1) is 5.10 Å². The predicted molar refractivity (Wildman–Crippen MR) is 44.6 cm³/mol. The fourth-order valence-corrected chi connectivity index (χ4v) is 0.685. The van der Waals surface area contributed by atoms with E-state index in [1.54, 1.807) is 18.9 Å². The second-order valence-electron chi connectivity index (χ2n) is 2.04. The van der Waals surface area contributed by atoms with E-state index in [0.29, 0.717) is 5.69 Å². The summed E-state index contributed by atoms with van der Waals surface area (Å²) in [7, 11) is 3.50. The Morgan fingerprint density at radius 2 is 2.55 bits per heavy atom. The van der Waals surface area contributed by atoms with Gasteiger partial charge >= 0.3 is 0 Å². The highest BCUT2D eigenvalue weighted by molar-refractivity contribution is 6.17. The highest BCUT2D eigenvalue weighted by Gasteiger charge is 2.06. The Kier molecular flexibility index (Phi) is 2.30. The molecule has 1 rings (SSSR count). The van der Waals surface area contributed by atoms with E-state index >= 15 is 0 Å². The molecule has 0 spiro atoms. The number of hydrogen-bond acceptors (Lipinski definition) is 3. The van der Waals surface area contributed by atoms with Crippen LogP contribution >= 0.6 is 0 Å². The Balaban J connectivity index is 2.80. The number of nitrogens with zero attached hydrogens (tertiary/aromatic N) is 3. The lowest BCUT2D eigenvalue weighted by Crippen LogP contribution is -2.19. The molecule has 0 aromatic carbocycles. The van der Waals surface area contributed by atoms with Crippen molar-refractivity contribution in [2.45, 2.75) is 6.44 Å². The average Bonchev–Trinajstić information content (AvgIpc) is 2.50. The molecule has 1 heterocycles. The number of hydrogen-bond donors (Lipinski definition) is 1. The Morgan fingerprint density at radius 3 is 3.00 bits per heavy atom. The monoisotopic (exact) mass is 150 g/mol. The average molecular weight is 150 g/mol. The topological polar surface area (TPSA) is 59.8 Å². The van der Waals surface area contributed by atoms with Gasteiger partial charge in [-0.25, -0.2) is 0 Å². The first-order chi connectivity index (χ1) is 5.27. The summed E-state index contributed by atoms with van der Waals surface area (Å²) in [4.78, 5) is 10.9. The highest BCUT2D eigenvalue weighted by atomic mass is 16.1. The second kappa shape index (κ2) is 3.23. The predicted octanol–water partition coefficient (Wildman–Crippen LogP) is -2.85. The third-order valence-corrected chi connectivity index (χ3v) is 1.32. The fraction of sp³-hybridized carbons (Fsp3) is 0.250. The van der Waals surface area contributed by atoms with E-state index in [1.807, 2.05) is 7.85 Å². The van der Waals surface area contributed by atoms with Crippen LogP contribution in [0.2, 0.25) is 0 Å². The molecule has 1 amide bonds. The Labute approximate surface area is 66.0 Å². The van der Waals surface area contributed by atoms with Crippen LogP contribution in [0.5, 0.6) is 0 Å². The number of carbonyl (C=O) groups is 1. The molecule has 0 radical (unpaired) electrons. The van der Waals surface area contributed by atoms with Crippen molar-refractivity contribution in [1.29, 1.82) is 0 Å². The quantitative estimate of drug-likeness (QED) is 0.461. The van der Waals surface area contributed by atoms with Crippen LogP contribution in [0, 0.1) is 0 Å². The number of rotatable bonds is 2. The van der Waals surface area contributed by atoms with Gasteiger partial charge in [-0.05, 0) is 0 Å². The Bertz CT molecular complexity index is 260. The summed E-state index contributed by atoms with van der Waals surface area (Å²) >= 11 is 0. The van der Waals surface area contributed by atoms with Gasteiger partial charge in [0, 0.05) is 6.44 Å². The van der Waals surface area contributed by atoms with E-state index < -0.39 is 0 Å². The molecule has 5 nitrogen and oxygen atoms in total. The zero-order valence-electron chi connectivity index (χ0n) is 6.53. The van der Waals surface area contributed by atoms with Crippen molar-refractivity contribution in [2.24, 2.45) is 0 Å². The van der Waals surface area contributed by atoms with E-state index in [4.69, 9.17) is 0 Å². The molecule has 0 aliphatic carbocycles. The molecule has 0 bridgehead atoms. The number of carbonyl (C=O) groups excluding carboxylic acids is 1. The molecular weight excluding hydrogens is 142 g/mol. The fourth-order valence-electron chi connectivity index (χ4n) is 0.685. The zero-order valence-corrected chi connectivity index (χ0v) is 6.53. The standard InChI is InChI=1S/C4H8B2N4O/c5-2-10-1-3(8-9-10)4(11)7-6/h1H,2,5-6H2,(H,7,11). The molecule has 7 heteroatoms. The summed E-state index contributed by atoms with van der Waals surface area (Å²) in [6, 6.07) is 0. The summed E-state index contributed by atoms with van der Waals surface area (Å²) < 4.78 is 1.60. The summed E-state index contributed by atoms with van der Waals surface area (Å²) in [5.74, 6) is -0.204. The minimum atomic E-state index is -0.204. The SMILES string of the molecule is BCn1cc(C(=O)NB)nn1. The lowest BCUT2D eigenvalue weighted by Gasteiger charge is -1.90. The summed E-state index contributed by atoms with van der Waals surface area (Å²) in [5.41, 5.74) is 0.356.